The number of carbonyl (C=O) groups excluding carboxylic acids is 3. The SMILES string of the molecule is COCCOCCOCCOCC[N+](CCCS(=O)(=O)O)=c1ccc2c(C(C)(C)C)cc(C=CC=C3N(CCCCCC(=O)NCCN4C(=O)C=CC4=O)c4ccc(S(=O)(=O)O)cc4C3(C)CCCS(=O)(=O)O)oc-2c1. The summed E-state index contributed by atoms with van der Waals surface area (Å²) in [7, 11) is -11.6. The number of hydrogen-bond acceptors (Lipinski definition) is 15. The fourth-order valence-electron chi connectivity index (χ4n) is 9.08. The van der Waals surface area contributed by atoms with Crippen LogP contribution in [0.2, 0.25) is 0 Å². The van der Waals surface area contributed by atoms with Crippen LogP contribution in [0.5, 0.6) is 0 Å². The summed E-state index contributed by atoms with van der Waals surface area (Å²) < 4.78 is 132. The van der Waals surface area contributed by atoms with Gasteiger partial charge in [0.05, 0.1) is 62.1 Å². The number of ether oxygens (including phenoxy) is 4. The minimum atomic E-state index is -4.65. The van der Waals surface area contributed by atoms with E-state index in [0.29, 0.717) is 100 Å². The number of hydrogen-bond donors (Lipinski definition) is 4. The molecule has 4 N–H and O–H groups in total. The standard InChI is InChI=1S/C52H72N4O17S3/c1-51(2,3)43-37-40(73-46-36-39(15-17-42(43)46)54(23-11-35-75(63,64)65)26-27-70-30-31-72-33-32-71-29-28-69-5)12-9-13-47-52(4,21-10-34-74(60,61)62)44-38-41(76(66,67)68)16-18-45(44)55(47)24-8-6-7-14-48(57)53-22-25-56-49(58)19-20-50(56)59/h9,12-13,15-20,36-38H,6-8,10-11,14,21-35H2,1-5H3,(H3-,53,57,60,61,62,63,64,65,66,67,68)/p+1. The van der Waals surface area contributed by atoms with Gasteiger partial charge in [-0.05, 0) is 91.6 Å². The van der Waals surface area contributed by atoms with E-state index < -0.39 is 59.1 Å². The molecule has 3 heterocycles. The Kier molecular flexibility index (Phi) is 22.7. The summed E-state index contributed by atoms with van der Waals surface area (Å²) in [5.41, 5.74) is 2.19. The van der Waals surface area contributed by atoms with Gasteiger partial charge >= 0.3 is 0 Å². The Bertz CT molecular complexity index is 2960. The third-order valence-corrected chi connectivity index (χ3v) is 15.4. The van der Waals surface area contributed by atoms with Crippen LogP contribution in [0.15, 0.2) is 81.8 Å². The molecule has 1 aliphatic carbocycles. The predicted octanol–water partition coefficient (Wildman–Crippen LogP) is 4.62. The largest absolute Gasteiger partial charge is 0.456 e. The molecule has 1 unspecified atom stereocenters. The van der Waals surface area contributed by atoms with Crippen molar-refractivity contribution >= 4 is 59.8 Å². The van der Waals surface area contributed by atoms with Crippen molar-refractivity contribution in [3.05, 3.63) is 94.7 Å². The molecule has 1 atom stereocenters. The lowest BCUT2D eigenvalue weighted by molar-refractivity contribution is -0.137. The first-order chi connectivity index (χ1) is 35.8. The zero-order valence-electron chi connectivity index (χ0n) is 43.9. The van der Waals surface area contributed by atoms with Crippen LogP contribution in [-0.2, 0) is 74.5 Å². The molecule has 0 saturated carbocycles. The van der Waals surface area contributed by atoms with Crippen molar-refractivity contribution in [2.75, 3.05) is 102 Å². The van der Waals surface area contributed by atoms with E-state index in [1.165, 1.54) is 24.3 Å². The van der Waals surface area contributed by atoms with Gasteiger partial charge in [0.15, 0.2) is 6.54 Å². The van der Waals surface area contributed by atoms with Gasteiger partial charge in [-0.3, -0.25) is 32.9 Å². The second kappa shape index (κ2) is 27.9. The number of carbonyl (C=O) groups is 3. The highest BCUT2D eigenvalue weighted by atomic mass is 32.2. The Morgan fingerprint density at radius 2 is 1.41 bits per heavy atom. The number of unbranched alkanes of at least 4 members (excludes halogenated alkanes) is 2. The van der Waals surface area contributed by atoms with Gasteiger partial charge in [-0.15, -0.1) is 0 Å². The van der Waals surface area contributed by atoms with Crippen LogP contribution in [0, 0.1) is 0 Å². The van der Waals surface area contributed by atoms with E-state index in [1.54, 1.807) is 25.3 Å². The molecule has 24 heteroatoms. The normalized spacial score (nSPS) is 17.2. The van der Waals surface area contributed by atoms with Crippen molar-refractivity contribution in [2.45, 2.75) is 88.4 Å². The molecule has 21 nitrogen and oxygen atoms in total. The fourth-order valence-corrected chi connectivity index (χ4v) is 10.6. The highest BCUT2D eigenvalue weighted by Crippen LogP contribution is 2.51. The average molecular weight is 1120 g/mol. The van der Waals surface area contributed by atoms with E-state index in [4.69, 9.17) is 23.4 Å². The summed E-state index contributed by atoms with van der Waals surface area (Å²) in [6.45, 7) is 12.0. The molecule has 4 aliphatic rings. The second-order valence-corrected chi connectivity index (χ2v) is 24.3. The molecule has 0 aromatic heterocycles. The molecule has 5 rings (SSSR count). The molecule has 420 valence electrons. The molecular formula is C52H73N4O17S3+. The summed E-state index contributed by atoms with van der Waals surface area (Å²) >= 11 is 0. The molecule has 0 saturated heterocycles. The first-order valence-corrected chi connectivity index (χ1v) is 29.8. The van der Waals surface area contributed by atoms with E-state index in [1.807, 2.05) is 46.7 Å². The molecule has 3 amide bonds. The quantitative estimate of drug-likeness (QED) is 0.0287. The summed E-state index contributed by atoms with van der Waals surface area (Å²) in [4.78, 5) is 39.1. The molecule has 3 aliphatic heterocycles. The van der Waals surface area contributed by atoms with Crippen molar-refractivity contribution in [2.24, 2.45) is 0 Å². The van der Waals surface area contributed by atoms with Crippen LogP contribution in [0.1, 0.15) is 89.5 Å². The molecular weight excluding hydrogens is 1050 g/mol. The molecule has 0 bridgehead atoms. The van der Waals surface area contributed by atoms with Crippen molar-refractivity contribution in [3.63, 3.8) is 0 Å². The van der Waals surface area contributed by atoms with Gasteiger partial charge in [-0.1, -0.05) is 33.3 Å². The maximum Gasteiger partial charge on any atom is 0.294 e. The minimum absolute atomic E-state index is 0.00198. The number of imide groups is 1. The first kappa shape index (κ1) is 61.7. The third kappa shape index (κ3) is 18.8. The van der Waals surface area contributed by atoms with Crippen molar-refractivity contribution in [3.8, 4) is 11.3 Å². The molecule has 0 fully saturated rings. The topological polar surface area (TPSA) is 286 Å². The minimum Gasteiger partial charge on any atom is -0.456 e. The predicted molar refractivity (Wildman–Crippen MR) is 285 cm³/mol. The maximum atomic E-state index is 12.7. The zero-order valence-corrected chi connectivity index (χ0v) is 46.4. The van der Waals surface area contributed by atoms with Crippen molar-refractivity contribution in [1.29, 1.82) is 0 Å². The number of methoxy groups -OCH3 is 1. The number of rotatable bonds is 32. The summed E-state index contributed by atoms with van der Waals surface area (Å²) in [6.07, 6.45) is 9.88. The summed E-state index contributed by atoms with van der Waals surface area (Å²) in [5, 5.41) is 3.46. The van der Waals surface area contributed by atoms with Gasteiger partial charge < -0.3 is 33.6 Å². The number of anilines is 1. The number of nitrogens with one attached hydrogen (secondary N) is 1. The third-order valence-electron chi connectivity index (χ3n) is 12.9. The second-order valence-electron chi connectivity index (χ2n) is 19.7. The van der Waals surface area contributed by atoms with Gasteiger partial charge in [-0.2, -0.15) is 25.3 Å². The number of amides is 3. The van der Waals surface area contributed by atoms with Crippen LogP contribution in [0.25, 0.3) is 17.4 Å². The molecule has 1 aromatic carbocycles. The first-order valence-electron chi connectivity index (χ1n) is 25.2. The lowest BCUT2D eigenvalue weighted by atomic mass is 9.77. The molecule has 0 radical (unpaired) electrons. The highest BCUT2D eigenvalue weighted by Gasteiger charge is 2.44. The van der Waals surface area contributed by atoms with Gasteiger partial charge in [0.2, 0.25) is 11.3 Å². The Morgan fingerprint density at radius 1 is 0.763 bits per heavy atom. The van der Waals surface area contributed by atoms with E-state index in [9.17, 15) is 53.3 Å². The zero-order chi connectivity index (χ0) is 55.7. The van der Waals surface area contributed by atoms with Gasteiger partial charge in [0, 0.05) is 80.2 Å². The fraction of sp³-hybridized carbons (Fsp3) is 0.538. The Morgan fingerprint density at radius 3 is 2.04 bits per heavy atom. The van der Waals surface area contributed by atoms with Crippen molar-refractivity contribution < 1.29 is 76.7 Å². The smallest absolute Gasteiger partial charge is 0.294 e. The maximum absolute atomic E-state index is 12.7. The van der Waals surface area contributed by atoms with Gasteiger partial charge in [-0.25, -0.2) is 4.58 Å². The number of allylic oxidation sites excluding steroid dienone is 3. The van der Waals surface area contributed by atoms with Crippen LogP contribution in [0.3, 0.4) is 0 Å². The summed E-state index contributed by atoms with van der Waals surface area (Å²) in [6, 6.07) is 11.9. The average Bonchev–Trinajstić information content (AvgIpc) is 3.78. The van der Waals surface area contributed by atoms with Crippen LogP contribution in [0.4, 0.5) is 5.69 Å². The highest BCUT2D eigenvalue weighted by molar-refractivity contribution is 7.86. The van der Waals surface area contributed by atoms with Crippen molar-refractivity contribution in [1.82, 2.24) is 14.8 Å². The molecule has 0 spiro atoms. The van der Waals surface area contributed by atoms with Crippen LogP contribution < -0.4 is 20.1 Å². The molecule has 1 aromatic rings. The Balaban J connectivity index is 1.45. The Labute approximate surface area is 446 Å². The van der Waals surface area contributed by atoms with E-state index >= 15 is 0 Å². The number of benzene rings is 2. The summed E-state index contributed by atoms with van der Waals surface area (Å²) in [5.74, 6) is -1.10. The van der Waals surface area contributed by atoms with Gasteiger partial charge in [0.1, 0.15) is 24.7 Å². The Hall–Kier alpha value is -5.15. The van der Waals surface area contributed by atoms with Crippen LogP contribution >= 0.6 is 0 Å². The van der Waals surface area contributed by atoms with E-state index in [2.05, 4.69) is 26.1 Å². The lowest BCUT2D eigenvalue weighted by Crippen LogP contribution is -2.38. The molecule has 76 heavy (non-hydrogen) atoms. The van der Waals surface area contributed by atoms with E-state index in [0.717, 1.165) is 21.4 Å². The monoisotopic (exact) mass is 1120 g/mol. The number of nitrogens with zero attached hydrogens (tertiary/aromatic N) is 3. The van der Waals surface area contributed by atoms with Gasteiger partial charge in [0.25, 0.3) is 42.2 Å². The lowest BCUT2D eigenvalue weighted by Gasteiger charge is -2.30. The number of fused-ring (bicyclic) bond motifs is 2. The van der Waals surface area contributed by atoms with E-state index in [-0.39, 0.29) is 68.1 Å². The van der Waals surface area contributed by atoms with Crippen LogP contribution in [-0.4, -0.2) is 159 Å².